The Bertz CT molecular complexity index is 887. The Balaban J connectivity index is 1.71. The highest BCUT2D eigenvalue weighted by Gasteiger charge is 2.24. The maximum Gasteiger partial charge on any atom is 0.258 e. The topological polar surface area (TPSA) is 79.8 Å². The second kappa shape index (κ2) is 9.84. The van der Waals surface area contributed by atoms with Gasteiger partial charge >= 0.3 is 0 Å². The first-order chi connectivity index (χ1) is 14.5. The molecule has 3 rings (SSSR count). The number of carbonyl (C=O) groups is 1. The summed E-state index contributed by atoms with van der Waals surface area (Å²) in [6, 6.07) is 5.68. The van der Waals surface area contributed by atoms with Crippen LogP contribution in [0.4, 0.5) is 11.6 Å². The van der Waals surface area contributed by atoms with Crippen molar-refractivity contribution in [1.29, 1.82) is 0 Å². The van der Waals surface area contributed by atoms with Crippen molar-refractivity contribution in [3.8, 4) is 11.6 Å². The second-order valence-corrected chi connectivity index (χ2v) is 7.60. The number of halogens is 1. The minimum Gasteiger partial charge on any atom is -0.495 e. The van der Waals surface area contributed by atoms with E-state index in [1.807, 2.05) is 32.0 Å². The van der Waals surface area contributed by atoms with Gasteiger partial charge in [-0.3, -0.25) is 4.79 Å². The van der Waals surface area contributed by atoms with Gasteiger partial charge in [-0.2, -0.15) is 4.98 Å². The molecular formula is C21H28ClN5O3. The number of hydrogen-bond acceptors (Lipinski definition) is 7. The third kappa shape index (κ3) is 4.87. The molecule has 1 N–H and O–H groups in total. The molecule has 8 nitrogen and oxygen atoms in total. The first-order valence-corrected chi connectivity index (χ1v) is 10.4. The van der Waals surface area contributed by atoms with Crippen LogP contribution in [-0.2, 0) is 0 Å². The third-order valence-electron chi connectivity index (χ3n) is 5.21. The first-order valence-electron chi connectivity index (χ1n) is 10.0. The number of amides is 1. The summed E-state index contributed by atoms with van der Waals surface area (Å²) in [5, 5.41) is 3.59. The van der Waals surface area contributed by atoms with E-state index in [4.69, 9.17) is 21.1 Å². The molecule has 0 spiro atoms. The number of piperazine rings is 1. The molecule has 1 atom stereocenters. The SMILES string of the molecule is CCC(C)NC(=O)c1cnc(N2CCN(c3cc(Cl)ccc3OC)CC2)nc1OC. The van der Waals surface area contributed by atoms with Gasteiger partial charge in [0.05, 0.1) is 19.9 Å². The lowest BCUT2D eigenvalue weighted by molar-refractivity contribution is 0.0935. The lowest BCUT2D eigenvalue weighted by Crippen LogP contribution is -2.47. The zero-order valence-electron chi connectivity index (χ0n) is 17.8. The summed E-state index contributed by atoms with van der Waals surface area (Å²) in [7, 11) is 3.16. The summed E-state index contributed by atoms with van der Waals surface area (Å²) < 4.78 is 10.8. The summed E-state index contributed by atoms with van der Waals surface area (Å²) in [5.41, 5.74) is 1.31. The second-order valence-electron chi connectivity index (χ2n) is 7.17. The van der Waals surface area contributed by atoms with Gasteiger partial charge < -0.3 is 24.6 Å². The maximum absolute atomic E-state index is 12.5. The van der Waals surface area contributed by atoms with Crippen LogP contribution in [0.25, 0.3) is 0 Å². The van der Waals surface area contributed by atoms with Crippen molar-refractivity contribution in [3.63, 3.8) is 0 Å². The average molecular weight is 434 g/mol. The number of rotatable bonds is 7. The highest BCUT2D eigenvalue weighted by Crippen LogP contribution is 2.32. The largest absolute Gasteiger partial charge is 0.495 e. The number of methoxy groups -OCH3 is 2. The molecule has 1 unspecified atom stereocenters. The normalized spacial score (nSPS) is 15.0. The van der Waals surface area contributed by atoms with Crippen LogP contribution in [0, 0.1) is 0 Å². The fourth-order valence-electron chi connectivity index (χ4n) is 3.28. The number of ether oxygens (including phenoxy) is 2. The Morgan fingerprint density at radius 3 is 2.53 bits per heavy atom. The molecule has 1 aliphatic rings. The molecule has 1 amide bonds. The van der Waals surface area contributed by atoms with E-state index >= 15 is 0 Å². The number of hydrogen-bond donors (Lipinski definition) is 1. The predicted molar refractivity (Wildman–Crippen MR) is 118 cm³/mol. The van der Waals surface area contributed by atoms with Crippen molar-refractivity contribution < 1.29 is 14.3 Å². The van der Waals surface area contributed by atoms with E-state index in [0.717, 1.165) is 44.0 Å². The minimum absolute atomic E-state index is 0.0680. The number of carbonyl (C=O) groups excluding carboxylic acids is 1. The standard InChI is InChI=1S/C21H28ClN5O3/c1-5-14(2)24-19(28)16-13-23-21(25-20(16)30-4)27-10-8-26(9-11-27)17-12-15(22)6-7-18(17)29-3/h6-7,12-14H,5,8-11H2,1-4H3,(H,24,28). The van der Waals surface area contributed by atoms with E-state index in [1.54, 1.807) is 7.11 Å². The number of nitrogens with one attached hydrogen (secondary N) is 1. The summed E-state index contributed by atoms with van der Waals surface area (Å²) >= 11 is 6.17. The van der Waals surface area contributed by atoms with E-state index in [0.29, 0.717) is 16.5 Å². The van der Waals surface area contributed by atoms with Crippen molar-refractivity contribution in [2.75, 3.05) is 50.2 Å². The Labute approximate surface area is 182 Å². The quantitative estimate of drug-likeness (QED) is 0.718. The van der Waals surface area contributed by atoms with Crippen LogP contribution in [0.3, 0.4) is 0 Å². The number of benzene rings is 1. The molecule has 0 aliphatic carbocycles. The monoisotopic (exact) mass is 433 g/mol. The van der Waals surface area contributed by atoms with Gasteiger partial charge in [-0.1, -0.05) is 18.5 Å². The molecule has 1 aromatic carbocycles. The minimum atomic E-state index is -0.231. The third-order valence-corrected chi connectivity index (χ3v) is 5.45. The van der Waals surface area contributed by atoms with Gasteiger partial charge in [0.25, 0.3) is 5.91 Å². The van der Waals surface area contributed by atoms with Gasteiger partial charge in [0, 0.05) is 43.4 Å². The van der Waals surface area contributed by atoms with Gasteiger partial charge in [-0.25, -0.2) is 4.98 Å². The Morgan fingerprint density at radius 2 is 1.90 bits per heavy atom. The van der Waals surface area contributed by atoms with Crippen LogP contribution >= 0.6 is 11.6 Å². The van der Waals surface area contributed by atoms with Crippen LogP contribution in [0.5, 0.6) is 11.6 Å². The van der Waals surface area contributed by atoms with Gasteiger partial charge in [-0.15, -0.1) is 0 Å². The molecule has 1 saturated heterocycles. The summed E-state index contributed by atoms with van der Waals surface area (Å²) in [4.78, 5) is 25.7. The molecule has 30 heavy (non-hydrogen) atoms. The zero-order chi connectivity index (χ0) is 21.7. The van der Waals surface area contributed by atoms with Crippen LogP contribution in [0.15, 0.2) is 24.4 Å². The molecule has 0 saturated carbocycles. The van der Waals surface area contributed by atoms with E-state index in [2.05, 4.69) is 25.1 Å². The molecule has 2 aromatic rings. The lowest BCUT2D eigenvalue weighted by Gasteiger charge is -2.36. The number of anilines is 2. The van der Waals surface area contributed by atoms with Crippen molar-refractivity contribution in [2.24, 2.45) is 0 Å². The summed E-state index contributed by atoms with van der Waals surface area (Å²) in [5.74, 6) is 1.39. The van der Waals surface area contributed by atoms with E-state index < -0.39 is 0 Å². The average Bonchev–Trinajstić information content (AvgIpc) is 2.78. The lowest BCUT2D eigenvalue weighted by atomic mass is 10.2. The van der Waals surface area contributed by atoms with Crippen LogP contribution in [0.2, 0.25) is 5.02 Å². The number of nitrogens with zero attached hydrogens (tertiary/aromatic N) is 4. The van der Waals surface area contributed by atoms with Gasteiger partial charge in [0.2, 0.25) is 11.8 Å². The molecule has 9 heteroatoms. The van der Waals surface area contributed by atoms with Crippen LogP contribution in [-0.4, -0.2) is 62.3 Å². The van der Waals surface area contributed by atoms with Gasteiger partial charge in [-0.05, 0) is 31.5 Å². The Hall–Kier alpha value is -2.74. The van der Waals surface area contributed by atoms with Crippen molar-refractivity contribution in [1.82, 2.24) is 15.3 Å². The zero-order valence-corrected chi connectivity index (χ0v) is 18.6. The summed E-state index contributed by atoms with van der Waals surface area (Å²) in [6.45, 7) is 6.93. The molecule has 0 radical (unpaired) electrons. The Kier molecular flexibility index (Phi) is 7.20. The predicted octanol–water partition coefficient (Wildman–Crippen LogP) is 3.00. The van der Waals surface area contributed by atoms with E-state index in [9.17, 15) is 4.79 Å². The Morgan fingerprint density at radius 1 is 1.20 bits per heavy atom. The highest BCUT2D eigenvalue weighted by molar-refractivity contribution is 6.30. The first kappa shape index (κ1) is 22.0. The van der Waals surface area contributed by atoms with Crippen molar-refractivity contribution in [3.05, 3.63) is 35.0 Å². The van der Waals surface area contributed by atoms with Crippen molar-refractivity contribution >= 4 is 29.1 Å². The molecule has 2 heterocycles. The molecule has 0 bridgehead atoms. The highest BCUT2D eigenvalue weighted by atomic mass is 35.5. The van der Waals surface area contributed by atoms with Gasteiger partial charge in [0.1, 0.15) is 11.3 Å². The van der Waals surface area contributed by atoms with Crippen LogP contribution < -0.4 is 24.6 Å². The van der Waals surface area contributed by atoms with Crippen LogP contribution in [0.1, 0.15) is 30.6 Å². The molecule has 1 aromatic heterocycles. The summed E-state index contributed by atoms with van der Waals surface area (Å²) in [6.07, 6.45) is 2.37. The van der Waals surface area contributed by atoms with Crippen molar-refractivity contribution in [2.45, 2.75) is 26.3 Å². The van der Waals surface area contributed by atoms with E-state index in [-0.39, 0.29) is 17.8 Å². The molecule has 1 fully saturated rings. The maximum atomic E-state index is 12.5. The smallest absolute Gasteiger partial charge is 0.258 e. The molecular weight excluding hydrogens is 406 g/mol. The van der Waals surface area contributed by atoms with Gasteiger partial charge in [0.15, 0.2) is 0 Å². The fraction of sp³-hybridized carbons (Fsp3) is 0.476. The number of aromatic nitrogens is 2. The molecule has 162 valence electrons. The van der Waals surface area contributed by atoms with E-state index in [1.165, 1.54) is 13.3 Å². The fourth-order valence-corrected chi connectivity index (χ4v) is 3.45. The molecule has 1 aliphatic heterocycles.